The summed E-state index contributed by atoms with van der Waals surface area (Å²) < 4.78 is 0. The van der Waals surface area contributed by atoms with Crippen molar-refractivity contribution in [1.29, 1.82) is 0 Å². The van der Waals surface area contributed by atoms with Crippen molar-refractivity contribution in [2.45, 2.75) is 10.3 Å². The molecule has 0 saturated heterocycles. The summed E-state index contributed by atoms with van der Waals surface area (Å²) in [6, 6.07) is 16.4. The van der Waals surface area contributed by atoms with E-state index >= 15 is 0 Å². The highest BCUT2D eigenvalue weighted by Gasteiger charge is 2.21. The van der Waals surface area contributed by atoms with E-state index in [1.165, 1.54) is 16.1 Å². The number of para-hydroxylation sites is 1. The number of anilines is 1. The van der Waals surface area contributed by atoms with Crippen LogP contribution >= 0.6 is 23.4 Å². The molecule has 0 spiro atoms. The van der Waals surface area contributed by atoms with Gasteiger partial charge in [0.2, 0.25) is 0 Å². The maximum Gasteiger partial charge on any atom is 0.103 e. The van der Waals surface area contributed by atoms with E-state index in [9.17, 15) is 0 Å². The fourth-order valence-corrected chi connectivity index (χ4v) is 3.05. The van der Waals surface area contributed by atoms with E-state index in [4.69, 9.17) is 11.6 Å². The number of benzene rings is 2. The van der Waals surface area contributed by atoms with Crippen molar-refractivity contribution in [2.75, 3.05) is 5.32 Å². The van der Waals surface area contributed by atoms with Crippen LogP contribution in [-0.2, 0) is 0 Å². The van der Waals surface area contributed by atoms with Gasteiger partial charge in [0.05, 0.1) is 0 Å². The average molecular weight is 248 g/mol. The topological polar surface area (TPSA) is 12.0 Å². The lowest BCUT2D eigenvalue weighted by Crippen LogP contribution is -2.00. The third-order valence-corrected chi connectivity index (χ3v) is 4.08. The largest absolute Gasteiger partial charge is 0.368 e. The molecule has 3 heteroatoms. The molecule has 1 heterocycles. The van der Waals surface area contributed by atoms with Gasteiger partial charge < -0.3 is 5.32 Å². The number of rotatable bonds is 1. The second kappa shape index (κ2) is 4.04. The number of hydrogen-bond donors (Lipinski definition) is 1. The molecular weight excluding hydrogens is 238 g/mol. The number of hydrogen-bond acceptors (Lipinski definition) is 2. The Bertz CT molecular complexity index is 485. The first-order chi connectivity index (χ1) is 7.83. The van der Waals surface area contributed by atoms with E-state index in [2.05, 4.69) is 41.7 Å². The third-order valence-electron chi connectivity index (χ3n) is 2.59. The molecule has 0 fully saturated rings. The molecule has 1 aliphatic heterocycles. The lowest BCUT2D eigenvalue weighted by atomic mass is 10.2. The maximum absolute atomic E-state index is 5.88. The maximum atomic E-state index is 5.88. The number of fused-ring (bicyclic) bond motifs is 1. The molecule has 80 valence electrons. The summed E-state index contributed by atoms with van der Waals surface area (Å²) in [7, 11) is 0. The van der Waals surface area contributed by atoms with Crippen molar-refractivity contribution in [3.8, 4) is 0 Å². The quantitative estimate of drug-likeness (QED) is 0.793. The minimum Gasteiger partial charge on any atom is -0.368 e. The molecule has 1 nitrogen and oxygen atoms in total. The van der Waals surface area contributed by atoms with Crippen LogP contribution in [0.4, 0.5) is 5.69 Å². The monoisotopic (exact) mass is 247 g/mol. The molecule has 1 aliphatic rings. The van der Waals surface area contributed by atoms with Crippen molar-refractivity contribution in [2.24, 2.45) is 0 Å². The lowest BCUT2D eigenvalue weighted by Gasteiger charge is -2.10. The van der Waals surface area contributed by atoms with Gasteiger partial charge in [-0.1, -0.05) is 47.6 Å². The normalized spacial score (nSPS) is 17.9. The Labute approximate surface area is 104 Å². The molecule has 0 radical (unpaired) electrons. The second-order valence-corrected chi connectivity index (χ2v) is 5.27. The Hall–Kier alpha value is -1.12. The minimum absolute atomic E-state index is 0.301. The number of thioether (sulfide) groups is 1. The summed E-state index contributed by atoms with van der Waals surface area (Å²) in [6.07, 6.45) is 0. The van der Waals surface area contributed by atoms with Crippen LogP contribution in [0, 0.1) is 0 Å². The molecule has 16 heavy (non-hydrogen) atoms. The van der Waals surface area contributed by atoms with E-state index in [0.717, 1.165) is 5.02 Å². The zero-order valence-corrected chi connectivity index (χ0v) is 10.1. The molecule has 0 bridgehead atoms. The first-order valence-corrected chi connectivity index (χ1v) is 6.36. The van der Waals surface area contributed by atoms with E-state index in [1.807, 2.05) is 23.9 Å². The fourth-order valence-electron chi connectivity index (χ4n) is 1.78. The van der Waals surface area contributed by atoms with Crippen molar-refractivity contribution in [1.82, 2.24) is 0 Å². The van der Waals surface area contributed by atoms with Gasteiger partial charge in [-0.3, -0.25) is 0 Å². The Kier molecular flexibility index (Phi) is 2.54. The zero-order valence-electron chi connectivity index (χ0n) is 8.48. The second-order valence-electron chi connectivity index (χ2n) is 3.69. The summed E-state index contributed by atoms with van der Waals surface area (Å²) >= 11 is 7.72. The first-order valence-electron chi connectivity index (χ1n) is 5.10. The molecule has 3 rings (SSSR count). The molecule has 0 saturated carbocycles. The lowest BCUT2D eigenvalue weighted by molar-refractivity contribution is 1.13. The smallest absolute Gasteiger partial charge is 0.103 e. The highest BCUT2D eigenvalue weighted by atomic mass is 35.5. The standard InChI is InChI=1S/C13H10ClNS/c14-10-7-5-9(6-8-10)13-15-11-3-1-2-4-12(11)16-13/h1-8,13,15H. The Morgan fingerprint density at radius 3 is 2.50 bits per heavy atom. The summed E-state index contributed by atoms with van der Waals surface area (Å²) in [4.78, 5) is 1.31. The Morgan fingerprint density at radius 1 is 1.00 bits per heavy atom. The van der Waals surface area contributed by atoms with Crippen molar-refractivity contribution < 1.29 is 0 Å². The van der Waals surface area contributed by atoms with Gasteiger partial charge in [-0.05, 0) is 29.8 Å². The number of nitrogens with one attached hydrogen (secondary N) is 1. The van der Waals surface area contributed by atoms with Gasteiger partial charge in [0, 0.05) is 15.6 Å². The molecule has 2 aromatic rings. The third kappa shape index (κ3) is 1.79. The van der Waals surface area contributed by atoms with Crippen molar-refractivity contribution >= 4 is 29.1 Å². The summed E-state index contributed by atoms with van der Waals surface area (Å²) in [5.74, 6) is 0. The van der Waals surface area contributed by atoms with E-state index in [1.54, 1.807) is 0 Å². The average Bonchev–Trinajstić information content (AvgIpc) is 2.73. The van der Waals surface area contributed by atoms with Crippen LogP contribution in [0.15, 0.2) is 53.4 Å². The highest BCUT2D eigenvalue weighted by molar-refractivity contribution is 8.00. The van der Waals surface area contributed by atoms with Crippen LogP contribution < -0.4 is 5.32 Å². The molecule has 0 aromatic heterocycles. The first kappa shape index (κ1) is 10.1. The fraction of sp³-hybridized carbons (Fsp3) is 0.0769. The predicted octanol–water partition coefficient (Wildman–Crippen LogP) is 4.56. The van der Waals surface area contributed by atoms with Crippen molar-refractivity contribution in [3.63, 3.8) is 0 Å². The van der Waals surface area contributed by atoms with Crippen LogP contribution in [-0.4, -0.2) is 0 Å². The summed E-state index contributed by atoms with van der Waals surface area (Å²) in [5, 5.41) is 4.57. The van der Waals surface area contributed by atoms with Gasteiger partial charge in [-0.25, -0.2) is 0 Å². The van der Waals surface area contributed by atoms with Gasteiger partial charge in [0.1, 0.15) is 5.37 Å². The molecule has 0 amide bonds. The van der Waals surface area contributed by atoms with E-state index < -0.39 is 0 Å². The zero-order chi connectivity index (χ0) is 11.0. The Morgan fingerprint density at radius 2 is 1.75 bits per heavy atom. The SMILES string of the molecule is Clc1ccc(C2Nc3ccccc3S2)cc1. The van der Waals surface area contributed by atoms with E-state index in [-0.39, 0.29) is 0 Å². The predicted molar refractivity (Wildman–Crippen MR) is 70.1 cm³/mol. The van der Waals surface area contributed by atoms with Gasteiger partial charge in [-0.2, -0.15) is 0 Å². The minimum atomic E-state index is 0.301. The molecule has 1 atom stereocenters. The van der Waals surface area contributed by atoms with Crippen molar-refractivity contribution in [3.05, 3.63) is 59.1 Å². The van der Waals surface area contributed by atoms with Gasteiger partial charge >= 0.3 is 0 Å². The molecular formula is C13H10ClNS. The molecule has 1 unspecified atom stereocenters. The van der Waals surface area contributed by atoms with Crippen LogP contribution in [0.2, 0.25) is 5.02 Å². The van der Waals surface area contributed by atoms with Crippen LogP contribution in [0.5, 0.6) is 0 Å². The van der Waals surface area contributed by atoms with Crippen LogP contribution in [0.3, 0.4) is 0 Å². The van der Waals surface area contributed by atoms with Gasteiger partial charge in [0.15, 0.2) is 0 Å². The van der Waals surface area contributed by atoms with Crippen LogP contribution in [0.25, 0.3) is 0 Å². The van der Waals surface area contributed by atoms with Gasteiger partial charge in [0.25, 0.3) is 0 Å². The van der Waals surface area contributed by atoms with Gasteiger partial charge in [-0.15, -0.1) is 0 Å². The highest BCUT2D eigenvalue weighted by Crippen LogP contribution is 2.46. The summed E-state index contributed by atoms with van der Waals surface area (Å²) in [6.45, 7) is 0. The molecule has 2 aromatic carbocycles. The summed E-state index contributed by atoms with van der Waals surface area (Å²) in [5.41, 5.74) is 2.47. The molecule has 0 aliphatic carbocycles. The number of halogens is 1. The van der Waals surface area contributed by atoms with Crippen LogP contribution in [0.1, 0.15) is 10.9 Å². The molecule has 1 N–H and O–H groups in total. The Balaban J connectivity index is 1.88. The van der Waals surface area contributed by atoms with E-state index in [0.29, 0.717) is 5.37 Å².